The highest BCUT2D eigenvalue weighted by molar-refractivity contribution is 5.37. The molecule has 2 aromatic rings. The summed E-state index contributed by atoms with van der Waals surface area (Å²) in [6.07, 6.45) is 0. The molecule has 2 rings (SSSR count). The molecule has 2 heteroatoms. The van der Waals surface area contributed by atoms with Gasteiger partial charge in [-0.25, -0.2) is 0 Å². The Morgan fingerprint density at radius 2 is 1.30 bits per heavy atom. The molecule has 0 aliphatic carbocycles. The fourth-order valence-corrected chi connectivity index (χ4v) is 2.19. The van der Waals surface area contributed by atoms with Crippen molar-refractivity contribution in [1.82, 2.24) is 0 Å². The van der Waals surface area contributed by atoms with Gasteiger partial charge in [-0.3, -0.25) is 0 Å². The van der Waals surface area contributed by atoms with E-state index in [1.165, 1.54) is 5.56 Å². The predicted molar refractivity (Wildman–Crippen MR) is 84.2 cm³/mol. The van der Waals surface area contributed by atoms with E-state index in [-0.39, 0.29) is 11.5 Å². The number of hydrogen-bond acceptors (Lipinski definition) is 2. The van der Waals surface area contributed by atoms with Crippen molar-refractivity contribution in [1.29, 1.82) is 0 Å². The van der Waals surface area contributed by atoms with Crippen LogP contribution in [0.15, 0.2) is 48.5 Å². The molecule has 0 bridgehead atoms. The lowest BCUT2D eigenvalue weighted by molar-refractivity contribution is 0.414. The van der Waals surface area contributed by atoms with Gasteiger partial charge < -0.3 is 10.5 Å². The summed E-state index contributed by atoms with van der Waals surface area (Å²) in [6, 6.07) is 16.4. The molecule has 0 aromatic heterocycles. The van der Waals surface area contributed by atoms with Gasteiger partial charge in [-0.2, -0.15) is 0 Å². The Bertz CT molecular complexity index is 549. The van der Waals surface area contributed by atoms with Gasteiger partial charge in [-0.1, -0.05) is 57.2 Å². The summed E-state index contributed by atoms with van der Waals surface area (Å²) in [4.78, 5) is 0. The smallest absolute Gasteiger partial charge is 0.118 e. The number of hydrogen-bond donors (Lipinski definition) is 1. The summed E-state index contributed by atoms with van der Waals surface area (Å²) in [5.41, 5.74) is 10.0. The molecule has 0 saturated heterocycles. The molecule has 0 aliphatic rings. The lowest BCUT2D eigenvalue weighted by atomic mass is 9.86. The van der Waals surface area contributed by atoms with E-state index in [2.05, 4.69) is 45.0 Å². The molecule has 0 aliphatic heterocycles. The van der Waals surface area contributed by atoms with E-state index in [1.807, 2.05) is 24.3 Å². The Kier molecular flexibility index (Phi) is 4.15. The van der Waals surface area contributed by atoms with Gasteiger partial charge in [0.05, 0.1) is 13.2 Å². The third kappa shape index (κ3) is 3.20. The highest BCUT2D eigenvalue weighted by atomic mass is 16.5. The normalized spacial score (nSPS) is 13.1. The SMILES string of the molecule is COc1ccc(C(N)c2ccc(C(C)(C)C)cc2)cc1. The summed E-state index contributed by atoms with van der Waals surface area (Å²) in [7, 11) is 1.67. The maximum Gasteiger partial charge on any atom is 0.118 e. The molecule has 0 spiro atoms. The molecule has 0 saturated carbocycles. The molecule has 0 radical (unpaired) electrons. The van der Waals surface area contributed by atoms with E-state index in [1.54, 1.807) is 7.11 Å². The highest BCUT2D eigenvalue weighted by Crippen LogP contribution is 2.26. The molecule has 0 heterocycles. The first kappa shape index (κ1) is 14.6. The Morgan fingerprint density at radius 1 is 0.850 bits per heavy atom. The van der Waals surface area contributed by atoms with Crippen LogP contribution < -0.4 is 10.5 Å². The van der Waals surface area contributed by atoms with Crippen molar-refractivity contribution in [2.45, 2.75) is 32.2 Å². The first-order chi connectivity index (χ1) is 9.41. The van der Waals surface area contributed by atoms with Crippen LogP contribution in [0, 0.1) is 0 Å². The minimum absolute atomic E-state index is 0.102. The van der Waals surface area contributed by atoms with Crippen molar-refractivity contribution in [3.05, 3.63) is 65.2 Å². The molecule has 106 valence electrons. The van der Waals surface area contributed by atoms with E-state index < -0.39 is 0 Å². The summed E-state index contributed by atoms with van der Waals surface area (Å²) in [5, 5.41) is 0. The van der Waals surface area contributed by atoms with Gasteiger partial charge in [0, 0.05) is 0 Å². The van der Waals surface area contributed by atoms with Crippen molar-refractivity contribution < 1.29 is 4.74 Å². The number of rotatable bonds is 3. The monoisotopic (exact) mass is 269 g/mol. The zero-order valence-electron chi connectivity index (χ0n) is 12.7. The van der Waals surface area contributed by atoms with E-state index in [0.717, 1.165) is 16.9 Å². The van der Waals surface area contributed by atoms with Crippen molar-refractivity contribution >= 4 is 0 Å². The zero-order chi connectivity index (χ0) is 14.8. The van der Waals surface area contributed by atoms with Crippen molar-refractivity contribution in [3.63, 3.8) is 0 Å². The van der Waals surface area contributed by atoms with Crippen molar-refractivity contribution in [2.24, 2.45) is 5.73 Å². The summed E-state index contributed by atoms with van der Waals surface area (Å²) in [6.45, 7) is 6.64. The van der Waals surface area contributed by atoms with Crippen LogP contribution >= 0.6 is 0 Å². The van der Waals surface area contributed by atoms with Crippen LogP contribution in [0.4, 0.5) is 0 Å². The van der Waals surface area contributed by atoms with Gasteiger partial charge in [0.15, 0.2) is 0 Å². The largest absolute Gasteiger partial charge is 0.497 e. The summed E-state index contributed by atoms with van der Waals surface area (Å²) in [5.74, 6) is 0.851. The molecular formula is C18H23NO. The molecule has 1 atom stereocenters. The number of benzene rings is 2. The lowest BCUT2D eigenvalue weighted by Gasteiger charge is -2.20. The fraction of sp³-hybridized carbons (Fsp3) is 0.333. The van der Waals surface area contributed by atoms with E-state index >= 15 is 0 Å². The molecule has 0 fully saturated rings. The Labute approximate surface area is 121 Å². The van der Waals surface area contributed by atoms with Crippen molar-refractivity contribution in [2.75, 3.05) is 7.11 Å². The third-order valence-electron chi connectivity index (χ3n) is 3.61. The van der Waals surface area contributed by atoms with E-state index in [0.29, 0.717) is 0 Å². The van der Waals surface area contributed by atoms with Gasteiger partial charge >= 0.3 is 0 Å². The summed E-state index contributed by atoms with van der Waals surface area (Å²) >= 11 is 0. The minimum Gasteiger partial charge on any atom is -0.497 e. The van der Waals surface area contributed by atoms with E-state index in [9.17, 15) is 0 Å². The van der Waals surface area contributed by atoms with Gasteiger partial charge in [-0.05, 0) is 34.2 Å². The first-order valence-corrected chi connectivity index (χ1v) is 6.92. The minimum atomic E-state index is -0.102. The van der Waals surface area contributed by atoms with E-state index in [4.69, 9.17) is 10.5 Å². The molecule has 20 heavy (non-hydrogen) atoms. The van der Waals surface area contributed by atoms with Crippen molar-refractivity contribution in [3.8, 4) is 5.75 Å². The fourth-order valence-electron chi connectivity index (χ4n) is 2.19. The van der Waals surface area contributed by atoms with Gasteiger partial charge in [0.1, 0.15) is 5.75 Å². The zero-order valence-corrected chi connectivity index (χ0v) is 12.7. The maximum atomic E-state index is 6.33. The maximum absolute atomic E-state index is 6.33. The van der Waals surface area contributed by atoms with Gasteiger partial charge in [0.25, 0.3) is 0 Å². The van der Waals surface area contributed by atoms with Gasteiger partial charge in [-0.15, -0.1) is 0 Å². The second-order valence-electron chi connectivity index (χ2n) is 6.12. The summed E-state index contributed by atoms with van der Waals surface area (Å²) < 4.78 is 5.17. The Morgan fingerprint density at radius 3 is 1.70 bits per heavy atom. The Balaban J connectivity index is 2.22. The standard InChI is InChI=1S/C18H23NO/c1-18(2,3)15-9-5-13(6-10-15)17(19)14-7-11-16(20-4)12-8-14/h5-12,17H,19H2,1-4H3. The molecular weight excluding hydrogens is 246 g/mol. The molecule has 2 N–H and O–H groups in total. The molecule has 2 nitrogen and oxygen atoms in total. The molecule has 2 aromatic carbocycles. The highest BCUT2D eigenvalue weighted by Gasteiger charge is 2.14. The van der Waals surface area contributed by atoms with Crippen LogP contribution in [0.3, 0.4) is 0 Å². The number of methoxy groups -OCH3 is 1. The first-order valence-electron chi connectivity index (χ1n) is 6.92. The predicted octanol–water partition coefficient (Wildman–Crippen LogP) is 4.04. The quantitative estimate of drug-likeness (QED) is 0.912. The van der Waals surface area contributed by atoms with Crippen LogP contribution in [-0.2, 0) is 5.41 Å². The third-order valence-corrected chi connectivity index (χ3v) is 3.61. The topological polar surface area (TPSA) is 35.2 Å². The average molecular weight is 269 g/mol. The average Bonchev–Trinajstić information content (AvgIpc) is 2.46. The van der Waals surface area contributed by atoms with Gasteiger partial charge in [0.2, 0.25) is 0 Å². The van der Waals surface area contributed by atoms with Crippen LogP contribution in [0.2, 0.25) is 0 Å². The number of nitrogens with two attached hydrogens (primary N) is 1. The van der Waals surface area contributed by atoms with Crippen LogP contribution in [0.1, 0.15) is 43.5 Å². The molecule has 1 unspecified atom stereocenters. The number of ether oxygens (including phenoxy) is 1. The lowest BCUT2D eigenvalue weighted by Crippen LogP contribution is -2.14. The Hall–Kier alpha value is -1.80. The van der Waals surface area contributed by atoms with Crippen LogP contribution in [0.5, 0.6) is 5.75 Å². The van der Waals surface area contributed by atoms with Crippen LogP contribution in [0.25, 0.3) is 0 Å². The molecule has 0 amide bonds. The second kappa shape index (κ2) is 5.68. The second-order valence-corrected chi connectivity index (χ2v) is 6.12. The van der Waals surface area contributed by atoms with Crippen LogP contribution in [-0.4, -0.2) is 7.11 Å².